The monoisotopic (exact) mass is 329 g/mol. The SMILES string of the molecule is CCN(CC)C1CCN(c2cc(F)c(Br)cc2N)C1. The first kappa shape index (κ1) is 14.6. The molecule has 2 N–H and O–H groups in total. The van der Waals surface area contributed by atoms with Gasteiger partial charge in [0.25, 0.3) is 0 Å². The van der Waals surface area contributed by atoms with Gasteiger partial charge in [0.1, 0.15) is 5.82 Å². The van der Waals surface area contributed by atoms with E-state index >= 15 is 0 Å². The van der Waals surface area contributed by atoms with Crippen molar-refractivity contribution < 1.29 is 4.39 Å². The molecule has 19 heavy (non-hydrogen) atoms. The zero-order chi connectivity index (χ0) is 14.0. The number of halogens is 2. The molecule has 106 valence electrons. The number of nitrogens with two attached hydrogens (primary N) is 1. The minimum Gasteiger partial charge on any atom is -0.397 e. The van der Waals surface area contributed by atoms with Crippen LogP contribution in [0, 0.1) is 5.82 Å². The predicted octanol–water partition coefficient (Wildman–Crippen LogP) is 3.09. The lowest BCUT2D eigenvalue weighted by Crippen LogP contribution is -2.37. The van der Waals surface area contributed by atoms with Crippen LogP contribution in [0.2, 0.25) is 0 Å². The van der Waals surface area contributed by atoms with Crippen LogP contribution in [-0.4, -0.2) is 37.1 Å². The molecule has 0 aromatic heterocycles. The number of rotatable bonds is 4. The topological polar surface area (TPSA) is 32.5 Å². The molecule has 2 rings (SSSR count). The van der Waals surface area contributed by atoms with Crippen LogP contribution in [0.25, 0.3) is 0 Å². The fourth-order valence-corrected chi connectivity index (χ4v) is 3.19. The maximum Gasteiger partial charge on any atom is 0.139 e. The molecule has 1 aliphatic heterocycles. The van der Waals surface area contributed by atoms with E-state index in [1.807, 2.05) is 0 Å². The summed E-state index contributed by atoms with van der Waals surface area (Å²) in [6.45, 7) is 8.33. The molecule has 1 unspecified atom stereocenters. The summed E-state index contributed by atoms with van der Waals surface area (Å²) in [7, 11) is 0. The Kier molecular flexibility index (Phi) is 4.68. The second-order valence-electron chi connectivity index (χ2n) is 4.93. The van der Waals surface area contributed by atoms with Crippen LogP contribution in [0.5, 0.6) is 0 Å². The molecule has 1 heterocycles. The molecule has 0 amide bonds. The Morgan fingerprint density at radius 2 is 2.11 bits per heavy atom. The molecular weight excluding hydrogens is 309 g/mol. The third-order valence-corrected chi connectivity index (χ3v) is 4.51. The van der Waals surface area contributed by atoms with Gasteiger partial charge in [0.2, 0.25) is 0 Å². The summed E-state index contributed by atoms with van der Waals surface area (Å²) in [5, 5.41) is 0. The van der Waals surface area contributed by atoms with Gasteiger partial charge in [-0.2, -0.15) is 0 Å². The number of anilines is 2. The number of benzene rings is 1. The molecule has 0 radical (unpaired) electrons. The van der Waals surface area contributed by atoms with Gasteiger partial charge in [0, 0.05) is 25.2 Å². The highest BCUT2D eigenvalue weighted by Crippen LogP contribution is 2.32. The van der Waals surface area contributed by atoms with Gasteiger partial charge in [-0.3, -0.25) is 4.90 Å². The molecule has 1 aromatic rings. The van der Waals surface area contributed by atoms with Crippen LogP contribution in [0.4, 0.5) is 15.8 Å². The number of likely N-dealkylation sites (N-methyl/N-ethyl adjacent to an activating group) is 1. The van der Waals surface area contributed by atoms with Gasteiger partial charge in [-0.15, -0.1) is 0 Å². The third-order valence-electron chi connectivity index (χ3n) is 3.90. The molecule has 5 heteroatoms. The Hall–Kier alpha value is -0.810. The molecule has 1 fully saturated rings. The quantitative estimate of drug-likeness (QED) is 0.861. The first-order chi connectivity index (χ1) is 9.06. The van der Waals surface area contributed by atoms with Crippen molar-refractivity contribution in [2.45, 2.75) is 26.3 Å². The molecule has 0 spiro atoms. The van der Waals surface area contributed by atoms with Gasteiger partial charge >= 0.3 is 0 Å². The van der Waals surface area contributed by atoms with Crippen LogP contribution in [-0.2, 0) is 0 Å². The van der Waals surface area contributed by atoms with Crippen LogP contribution in [0.15, 0.2) is 16.6 Å². The predicted molar refractivity (Wildman–Crippen MR) is 82.1 cm³/mol. The van der Waals surface area contributed by atoms with E-state index in [2.05, 4.69) is 39.6 Å². The normalized spacial score (nSPS) is 19.4. The van der Waals surface area contributed by atoms with Gasteiger partial charge in [-0.1, -0.05) is 13.8 Å². The fourth-order valence-electron chi connectivity index (χ4n) is 2.82. The smallest absolute Gasteiger partial charge is 0.139 e. The largest absolute Gasteiger partial charge is 0.397 e. The zero-order valence-electron chi connectivity index (χ0n) is 11.5. The number of nitrogens with zero attached hydrogens (tertiary/aromatic N) is 2. The van der Waals surface area contributed by atoms with Crippen molar-refractivity contribution >= 4 is 27.3 Å². The molecule has 1 aromatic carbocycles. The van der Waals surface area contributed by atoms with E-state index in [-0.39, 0.29) is 5.82 Å². The number of nitrogen functional groups attached to an aromatic ring is 1. The summed E-state index contributed by atoms with van der Waals surface area (Å²) in [4.78, 5) is 4.64. The molecule has 0 saturated carbocycles. The minimum absolute atomic E-state index is 0.254. The van der Waals surface area contributed by atoms with Crippen LogP contribution < -0.4 is 10.6 Å². The standard InChI is InChI=1S/C14H21BrFN3/c1-3-18(4-2)10-5-6-19(9-10)14-8-12(16)11(15)7-13(14)17/h7-8,10H,3-6,9,17H2,1-2H3. The zero-order valence-corrected chi connectivity index (χ0v) is 13.1. The first-order valence-electron chi connectivity index (χ1n) is 6.80. The highest BCUT2D eigenvalue weighted by Gasteiger charge is 2.27. The summed E-state index contributed by atoms with van der Waals surface area (Å²) in [5.74, 6) is -0.254. The highest BCUT2D eigenvalue weighted by atomic mass is 79.9. The van der Waals surface area contributed by atoms with E-state index in [9.17, 15) is 4.39 Å². The average Bonchev–Trinajstić information content (AvgIpc) is 2.85. The molecule has 1 saturated heterocycles. The molecule has 1 atom stereocenters. The molecular formula is C14H21BrFN3. The summed E-state index contributed by atoms with van der Waals surface area (Å²) >= 11 is 3.16. The second-order valence-corrected chi connectivity index (χ2v) is 5.79. The summed E-state index contributed by atoms with van der Waals surface area (Å²) in [6, 6.07) is 3.72. The average molecular weight is 330 g/mol. The minimum atomic E-state index is -0.254. The van der Waals surface area contributed by atoms with Gasteiger partial charge < -0.3 is 10.6 Å². The molecule has 0 aliphatic carbocycles. The van der Waals surface area contributed by atoms with Gasteiger partial charge in [-0.05, 0) is 41.5 Å². The maximum absolute atomic E-state index is 13.7. The van der Waals surface area contributed by atoms with Crippen molar-refractivity contribution in [3.05, 3.63) is 22.4 Å². The Morgan fingerprint density at radius 1 is 1.42 bits per heavy atom. The van der Waals surface area contributed by atoms with Crippen molar-refractivity contribution in [1.29, 1.82) is 0 Å². The van der Waals surface area contributed by atoms with Crippen LogP contribution >= 0.6 is 15.9 Å². The molecule has 1 aliphatic rings. The van der Waals surface area contributed by atoms with Crippen molar-refractivity contribution in [2.24, 2.45) is 0 Å². The van der Waals surface area contributed by atoms with Gasteiger partial charge in [0.05, 0.1) is 15.8 Å². The maximum atomic E-state index is 13.7. The lowest BCUT2D eigenvalue weighted by atomic mass is 10.2. The van der Waals surface area contributed by atoms with E-state index in [1.165, 1.54) is 6.07 Å². The van der Waals surface area contributed by atoms with Crippen molar-refractivity contribution in [3.63, 3.8) is 0 Å². The first-order valence-corrected chi connectivity index (χ1v) is 7.59. The third kappa shape index (κ3) is 3.03. The second kappa shape index (κ2) is 6.09. The van der Waals surface area contributed by atoms with Crippen molar-refractivity contribution in [1.82, 2.24) is 4.90 Å². The highest BCUT2D eigenvalue weighted by molar-refractivity contribution is 9.10. The summed E-state index contributed by atoms with van der Waals surface area (Å²) < 4.78 is 14.1. The molecule has 3 nitrogen and oxygen atoms in total. The van der Waals surface area contributed by atoms with Gasteiger partial charge in [-0.25, -0.2) is 4.39 Å². The van der Waals surface area contributed by atoms with E-state index < -0.39 is 0 Å². The number of hydrogen-bond donors (Lipinski definition) is 1. The summed E-state index contributed by atoms with van der Waals surface area (Å²) in [6.07, 6.45) is 1.11. The Bertz CT molecular complexity index is 449. The Labute approximate surface area is 122 Å². The van der Waals surface area contributed by atoms with Crippen molar-refractivity contribution in [3.8, 4) is 0 Å². The van der Waals surface area contributed by atoms with E-state index in [1.54, 1.807) is 6.07 Å². The van der Waals surface area contributed by atoms with Gasteiger partial charge in [0.15, 0.2) is 0 Å². The van der Waals surface area contributed by atoms with E-state index in [0.717, 1.165) is 38.3 Å². The molecule has 0 bridgehead atoms. The Balaban J connectivity index is 2.15. The lowest BCUT2D eigenvalue weighted by Gasteiger charge is -2.27. The van der Waals surface area contributed by atoms with E-state index in [0.29, 0.717) is 16.2 Å². The fraction of sp³-hybridized carbons (Fsp3) is 0.571. The summed E-state index contributed by atoms with van der Waals surface area (Å²) in [5.41, 5.74) is 7.45. The lowest BCUT2D eigenvalue weighted by molar-refractivity contribution is 0.232. The Morgan fingerprint density at radius 3 is 2.74 bits per heavy atom. The van der Waals surface area contributed by atoms with Crippen molar-refractivity contribution in [2.75, 3.05) is 36.8 Å². The number of hydrogen-bond acceptors (Lipinski definition) is 3. The van der Waals surface area contributed by atoms with E-state index in [4.69, 9.17) is 5.73 Å². The van der Waals surface area contributed by atoms with Crippen LogP contribution in [0.3, 0.4) is 0 Å². The van der Waals surface area contributed by atoms with Crippen LogP contribution in [0.1, 0.15) is 20.3 Å².